The molecule has 0 spiro atoms. The zero-order chi connectivity index (χ0) is 14.0. The number of aliphatic hydroxyl groups is 1. The summed E-state index contributed by atoms with van der Waals surface area (Å²) in [6, 6.07) is 1.93. The van der Waals surface area contributed by atoms with Crippen molar-refractivity contribution in [2.45, 2.75) is 50.1 Å². The highest BCUT2D eigenvalue weighted by Crippen LogP contribution is 2.21. The Hall–Kier alpha value is -0.650. The molecule has 0 saturated heterocycles. The lowest BCUT2D eigenvalue weighted by Crippen LogP contribution is -2.48. The van der Waals surface area contributed by atoms with Crippen molar-refractivity contribution in [3.05, 3.63) is 18.6 Å². The molecule has 5 heteroatoms. The van der Waals surface area contributed by atoms with Gasteiger partial charge in [0.2, 0.25) is 0 Å². The maximum absolute atomic E-state index is 9.63. The van der Waals surface area contributed by atoms with Crippen LogP contribution >= 0.6 is 11.8 Å². The van der Waals surface area contributed by atoms with E-state index in [2.05, 4.69) is 29.1 Å². The molecule has 1 atom stereocenters. The van der Waals surface area contributed by atoms with E-state index < -0.39 is 0 Å². The number of nitrogens with one attached hydrogen (secondary N) is 1. The van der Waals surface area contributed by atoms with Crippen LogP contribution in [-0.2, 0) is 0 Å². The minimum atomic E-state index is -0.109. The van der Waals surface area contributed by atoms with Gasteiger partial charge in [-0.1, -0.05) is 13.8 Å². The van der Waals surface area contributed by atoms with E-state index in [-0.39, 0.29) is 12.1 Å². The normalized spacial score (nSPS) is 14.3. The maximum Gasteiger partial charge on any atom is 0.116 e. The summed E-state index contributed by atoms with van der Waals surface area (Å²) in [5.41, 5.74) is -0.109. The molecule has 4 nitrogen and oxygen atoms in total. The van der Waals surface area contributed by atoms with Gasteiger partial charge in [-0.3, -0.25) is 0 Å². The fraction of sp³-hybridized carbons (Fsp3) is 0.714. The highest BCUT2D eigenvalue weighted by Gasteiger charge is 2.25. The van der Waals surface area contributed by atoms with E-state index >= 15 is 0 Å². The molecule has 0 saturated carbocycles. The second-order valence-corrected chi connectivity index (χ2v) is 5.83. The van der Waals surface area contributed by atoms with Crippen LogP contribution in [0.4, 0.5) is 0 Å². The van der Waals surface area contributed by atoms with Gasteiger partial charge >= 0.3 is 0 Å². The van der Waals surface area contributed by atoms with Crippen molar-refractivity contribution in [3.8, 4) is 0 Å². The number of aromatic nitrogens is 2. The third-order valence-corrected chi connectivity index (χ3v) is 4.36. The zero-order valence-corrected chi connectivity index (χ0v) is 12.7. The quantitative estimate of drug-likeness (QED) is 0.392. The van der Waals surface area contributed by atoms with Crippen LogP contribution in [0.5, 0.6) is 0 Å². The molecule has 1 aromatic heterocycles. The van der Waals surface area contributed by atoms with E-state index in [9.17, 15) is 5.11 Å². The standard InChI is InChI=1S/C14H25N3OS/c1-3-8-17-14(4-2,11-18)7-5-10-19-13-6-9-15-12-16-13/h6,9,12,17-18H,3-5,7-8,10-11H2,1-2H3. The molecule has 1 rings (SSSR count). The van der Waals surface area contributed by atoms with Crippen molar-refractivity contribution in [2.24, 2.45) is 0 Å². The molecule has 108 valence electrons. The number of hydrogen-bond acceptors (Lipinski definition) is 5. The minimum Gasteiger partial charge on any atom is -0.394 e. The molecule has 0 aliphatic heterocycles. The van der Waals surface area contributed by atoms with Gasteiger partial charge in [0.05, 0.1) is 11.6 Å². The van der Waals surface area contributed by atoms with Gasteiger partial charge < -0.3 is 10.4 Å². The molecule has 19 heavy (non-hydrogen) atoms. The number of thioether (sulfide) groups is 1. The molecule has 0 aliphatic carbocycles. The lowest BCUT2D eigenvalue weighted by Gasteiger charge is -2.32. The molecule has 0 bridgehead atoms. The Kier molecular flexibility index (Phi) is 8.02. The Morgan fingerprint density at radius 3 is 2.84 bits per heavy atom. The zero-order valence-electron chi connectivity index (χ0n) is 11.9. The summed E-state index contributed by atoms with van der Waals surface area (Å²) in [5, 5.41) is 14.1. The maximum atomic E-state index is 9.63. The van der Waals surface area contributed by atoms with Crippen molar-refractivity contribution >= 4 is 11.8 Å². The van der Waals surface area contributed by atoms with E-state index in [1.807, 2.05) is 6.07 Å². The Balaban J connectivity index is 2.32. The number of aliphatic hydroxyl groups excluding tert-OH is 1. The van der Waals surface area contributed by atoms with Gasteiger partial charge in [-0.2, -0.15) is 0 Å². The summed E-state index contributed by atoms with van der Waals surface area (Å²) in [6.45, 7) is 5.46. The number of hydrogen-bond donors (Lipinski definition) is 2. The van der Waals surface area contributed by atoms with Gasteiger partial charge in [0.25, 0.3) is 0 Å². The van der Waals surface area contributed by atoms with Crippen LogP contribution in [0.25, 0.3) is 0 Å². The summed E-state index contributed by atoms with van der Waals surface area (Å²) in [7, 11) is 0. The first-order valence-electron chi connectivity index (χ1n) is 7.01. The van der Waals surface area contributed by atoms with Gasteiger partial charge in [0, 0.05) is 11.7 Å². The molecule has 1 unspecified atom stereocenters. The molecule has 0 amide bonds. The van der Waals surface area contributed by atoms with Crippen molar-refractivity contribution in [1.29, 1.82) is 0 Å². The third kappa shape index (κ3) is 5.89. The summed E-state index contributed by atoms with van der Waals surface area (Å²) in [4.78, 5) is 8.10. The predicted molar refractivity (Wildman–Crippen MR) is 80.4 cm³/mol. The minimum absolute atomic E-state index is 0.109. The first-order chi connectivity index (χ1) is 9.26. The largest absolute Gasteiger partial charge is 0.394 e. The lowest BCUT2D eigenvalue weighted by atomic mass is 9.91. The predicted octanol–water partition coefficient (Wildman–Crippen LogP) is 2.49. The molecule has 2 N–H and O–H groups in total. The van der Waals surface area contributed by atoms with E-state index in [1.165, 1.54) is 0 Å². The first kappa shape index (κ1) is 16.4. The average molecular weight is 283 g/mol. The van der Waals surface area contributed by atoms with Crippen molar-refractivity contribution in [1.82, 2.24) is 15.3 Å². The number of rotatable bonds is 10. The molecule has 1 aromatic rings. The van der Waals surface area contributed by atoms with Crippen LogP contribution in [-0.4, -0.2) is 39.5 Å². The molecular weight excluding hydrogens is 258 g/mol. The second kappa shape index (κ2) is 9.28. The number of nitrogens with zero attached hydrogens (tertiary/aromatic N) is 2. The lowest BCUT2D eigenvalue weighted by molar-refractivity contribution is 0.146. The average Bonchev–Trinajstić information content (AvgIpc) is 2.48. The Labute approximate surface area is 120 Å². The second-order valence-electron chi connectivity index (χ2n) is 4.72. The summed E-state index contributed by atoms with van der Waals surface area (Å²) >= 11 is 1.75. The van der Waals surface area contributed by atoms with Crippen molar-refractivity contribution in [3.63, 3.8) is 0 Å². The molecular formula is C14H25N3OS. The Morgan fingerprint density at radius 2 is 2.26 bits per heavy atom. The molecule has 0 aliphatic rings. The van der Waals surface area contributed by atoms with Gasteiger partial charge in [-0.05, 0) is 44.0 Å². The van der Waals surface area contributed by atoms with Crippen molar-refractivity contribution < 1.29 is 5.11 Å². The van der Waals surface area contributed by atoms with Crippen LogP contribution in [0.15, 0.2) is 23.6 Å². The summed E-state index contributed by atoms with van der Waals surface area (Å²) < 4.78 is 0. The summed E-state index contributed by atoms with van der Waals surface area (Å²) in [5.74, 6) is 1.02. The van der Waals surface area contributed by atoms with Crippen LogP contribution in [0, 0.1) is 0 Å². The molecule has 0 aromatic carbocycles. The first-order valence-corrected chi connectivity index (χ1v) is 7.99. The van der Waals surface area contributed by atoms with E-state index in [1.54, 1.807) is 24.3 Å². The van der Waals surface area contributed by atoms with E-state index in [4.69, 9.17) is 0 Å². The highest BCUT2D eigenvalue weighted by atomic mass is 32.2. The van der Waals surface area contributed by atoms with Crippen LogP contribution < -0.4 is 5.32 Å². The topological polar surface area (TPSA) is 58.0 Å². The smallest absolute Gasteiger partial charge is 0.116 e. The van der Waals surface area contributed by atoms with Gasteiger partial charge in [-0.25, -0.2) is 9.97 Å². The van der Waals surface area contributed by atoms with E-state index in [0.717, 1.165) is 43.0 Å². The monoisotopic (exact) mass is 283 g/mol. The fourth-order valence-electron chi connectivity index (χ4n) is 1.98. The van der Waals surface area contributed by atoms with Gasteiger partial charge in [-0.15, -0.1) is 11.8 Å². The van der Waals surface area contributed by atoms with Gasteiger partial charge in [0.1, 0.15) is 6.33 Å². The van der Waals surface area contributed by atoms with Crippen LogP contribution in [0.3, 0.4) is 0 Å². The van der Waals surface area contributed by atoms with E-state index in [0.29, 0.717) is 0 Å². The van der Waals surface area contributed by atoms with Crippen LogP contribution in [0.1, 0.15) is 39.5 Å². The highest BCUT2D eigenvalue weighted by molar-refractivity contribution is 7.99. The summed E-state index contributed by atoms with van der Waals surface area (Å²) in [6.07, 6.45) is 7.47. The molecule has 0 fully saturated rings. The fourth-order valence-corrected chi connectivity index (χ4v) is 2.75. The molecule has 1 heterocycles. The molecule has 0 radical (unpaired) electrons. The Morgan fingerprint density at radius 1 is 1.42 bits per heavy atom. The Bertz CT molecular complexity index is 331. The third-order valence-electron chi connectivity index (χ3n) is 3.33. The van der Waals surface area contributed by atoms with Crippen molar-refractivity contribution in [2.75, 3.05) is 18.9 Å². The van der Waals surface area contributed by atoms with Gasteiger partial charge in [0.15, 0.2) is 0 Å². The SMILES string of the molecule is CCCNC(CC)(CO)CCCSc1ccncn1. The van der Waals surface area contributed by atoms with Crippen LogP contribution in [0.2, 0.25) is 0 Å².